The highest BCUT2D eigenvalue weighted by Crippen LogP contribution is 2.25. The Morgan fingerprint density at radius 1 is 1.29 bits per heavy atom. The standard InChI is InChI=1S/C14H19BrIN/c1-11(15)13-6-8-17(9-7-13)10-12-2-4-14(16)5-3-12/h2-5,11,13H,6-10H2,1H3. The third-order valence-corrected chi connectivity index (χ3v) is 5.07. The summed E-state index contributed by atoms with van der Waals surface area (Å²) in [4.78, 5) is 3.25. The van der Waals surface area contributed by atoms with E-state index in [-0.39, 0.29) is 0 Å². The van der Waals surface area contributed by atoms with Gasteiger partial charge in [0, 0.05) is 14.9 Å². The first-order chi connectivity index (χ1) is 8.15. The van der Waals surface area contributed by atoms with Crippen molar-refractivity contribution < 1.29 is 0 Å². The van der Waals surface area contributed by atoms with Crippen molar-refractivity contribution in [2.75, 3.05) is 13.1 Å². The second-order valence-electron chi connectivity index (χ2n) is 4.92. The second kappa shape index (κ2) is 6.53. The zero-order valence-corrected chi connectivity index (χ0v) is 13.9. The summed E-state index contributed by atoms with van der Waals surface area (Å²) in [6.07, 6.45) is 2.66. The van der Waals surface area contributed by atoms with Gasteiger partial charge < -0.3 is 0 Å². The number of halogens is 2. The monoisotopic (exact) mass is 407 g/mol. The zero-order chi connectivity index (χ0) is 12.3. The third-order valence-electron chi connectivity index (χ3n) is 3.60. The van der Waals surface area contributed by atoms with E-state index in [4.69, 9.17) is 0 Å². The van der Waals surface area contributed by atoms with Gasteiger partial charge in [0.25, 0.3) is 0 Å². The molecule has 1 fully saturated rings. The molecule has 0 amide bonds. The van der Waals surface area contributed by atoms with Crippen LogP contribution in [-0.2, 0) is 6.54 Å². The van der Waals surface area contributed by atoms with Crippen molar-refractivity contribution >= 4 is 38.5 Å². The minimum atomic E-state index is 0.669. The first-order valence-electron chi connectivity index (χ1n) is 6.26. The molecule has 0 aliphatic carbocycles. The molecule has 0 saturated carbocycles. The van der Waals surface area contributed by atoms with E-state index in [0.29, 0.717) is 4.83 Å². The normalized spacial score (nSPS) is 20.4. The smallest absolute Gasteiger partial charge is 0.0233 e. The molecule has 94 valence electrons. The fourth-order valence-electron chi connectivity index (χ4n) is 2.42. The molecule has 1 aliphatic rings. The maximum absolute atomic E-state index is 3.71. The van der Waals surface area contributed by atoms with Gasteiger partial charge in [0.2, 0.25) is 0 Å². The molecule has 17 heavy (non-hydrogen) atoms. The summed E-state index contributed by atoms with van der Waals surface area (Å²) in [5, 5.41) is 0. The zero-order valence-electron chi connectivity index (χ0n) is 10.2. The van der Waals surface area contributed by atoms with Crippen molar-refractivity contribution in [1.29, 1.82) is 0 Å². The van der Waals surface area contributed by atoms with Crippen molar-refractivity contribution in [2.45, 2.75) is 31.1 Å². The van der Waals surface area contributed by atoms with Crippen molar-refractivity contribution in [3.63, 3.8) is 0 Å². The van der Waals surface area contributed by atoms with Crippen molar-refractivity contribution in [2.24, 2.45) is 5.92 Å². The molecular weight excluding hydrogens is 389 g/mol. The van der Waals surface area contributed by atoms with Gasteiger partial charge in [-0.05, 0) is 72.1 Å². The van der Waals surface area contributed by atoms with Crippen LogP contribution in [0.15, 0.2) is 24.3 Å². The number of benzene rings is 1. The maximum atomic E-state index is 3.71. The number of hydrogen-bond acceptors (Lipinski definition) is 1. The number of likely N-dealkylation sites (tertiary alicyclic amines) is 1. The van der Waals surface area contributed by atoms with E-state index >= 15 is 0 Å². The molecule has 1 aliphatic heterocycles. The highest BCUT2D eigenvalue weighted by atomic mass is 127. The summed E-state index contributed by atoms with van der Waals surface area (Å²) < 4.78 is 1.32. The summed E-state index contributed by atoms with van der Waals surface area (Å²) in [7, 11) is 0. The SMILES string of the molecule is CC(Br)C1CCN(Cc2ccc(I)cc2)CC1. The van der Waals surface area contributed by atoms with Crippen LogP contribution in [-0.4, -0.2) is 22.8 Å². The fraction of sp³-hybridized carbons (Fsp3) is 0.571. The van der Waals surface area contributed by atoms with Crippen LogP contribution in [0.2, 0.25) is 0 Å². The first kappa shape index (κ1) is 13.8. The van der Waals surface area contributed by atoms with Gasteiger partial charge in [-0.25, -0.2) is 0 Å². The van der Waals surface area contributed by atoms with Crippen LogP contribution < -0.4 is 0 Å². The van der Waals surface area contributed by atoms with Gasteiger partial charge in [0.15, 0.2) is 0 Å². The molecule has 3 heteroatoms. The Kier molecular flexibility index (Phi) is 5.30. The second-order valence-corrected chi connectivity index (χ2v) is 7.61. The summed E-state index contributed by atoms with van der Waals surface area (Å²) >= 11 is 6.07. The number of alkyl halides is 1. The molecule has 0 aromatic heterocycles. The van der Waals surface area contributed by atoms with E-state index in [9.17, 15) is 0 Å². The van der Waals surface area contributed by atoms with Gasteiger partial charge >= 0.3 is 0 Å². The molecular formula is C14H19BrIN. The molecule has 1 aromatic carbocycles. The Morgan fingerprint density at radius 2 is 1.88 bits per heavy atom. The topological polar surface area (TPSA) is 3.24 Å². The van der Waals surface area contributed by atoms with Gasteiger partial charge in [0.05, 0.1) is 0 Å². The third kappa shape index (κ3) is 4.21. The van der Waals surface area contributed by atoms with Gasteiger partial charge in [-0.1, -0.05) is 35.0 Å². The first-order valence-corrected chi connectivity index (χ1v) is 8.25. The van der Waals surface area contributed by atoms with E-state index < -0.39 is 0 Å². The van der Waals surface area contributed by atoms with Crippen molar-refractivity contribution in [3.05, 3.63) is 33.4 Å². The molecule has 0 bridgehead atoms. The lowest BCUT2D eigenvalue weighted by Crippen LogP contribution is -2.35. The van der Waals surface area contributed by atoms with Crippen molar-refractivity contribution in [1.82, 2.24) is 4.90 Å². The fourth-order valence-corrected chi connectivity index (χ4v) is 3.31. The molecule has 1 heterocycles. The van der Waals surface area contributed by atoms with Crippen LogP contribution >= 0.6 is 38.5 Å². The van der Waals surface area contributed by atoms with E-state index in [1.165, 1.54) is 35.1 Å². The summed E-state index contributed by atoms with van der Waals surface area (Å²) in [6, 6.07) is 8.90. The van der Waals surface area contributed by atoms with Crippen LogP contribution in [0, 0.1) is 9.49 Å². The Hall–Kier alpha value is 0.390. The Bertz CT molecular complexity index is 342. The minimum absolute atomic E-state index is 0.669. The number of rotatable bonds is 3. The van der Waals surface area contributed by atoms with Gasteiger partial charge in [-0.3, -0.25) is 4.90 Å². The molecule has 2 rings (SSSR count). The maximum Gasteiger partial charge on any atom is 0.0233 e. The highest BCUT2D eigenvalue weighted by molar-refractivity contribution is 14.1. The molecule has 1 atom stereocenters. The lowest BCUT2D eigenvalue weighted by atomic mass is 9.94. The molecule has 0 N–H and O–H groups in total. The molecule has 0 radical (unpaired) electrons. The number of nitrogens with zero attached hydrogens (tertiary/aromatic N) is 1. The van der Waals surface area contributed by atoms with E-state index in [2.05, 4.69) is 74.6 Å². The van der Waals surface area contributed by atoms with E-state index in [1.54, 1.807) is 0 Å². The van der Waals surface area contributed by atoms with Crippen LogP contribution in [0.5, 0.6) is 0 Å². The number of hydrogen-bond donors (Lipinski definition) is 0. The quantitative estimate of drug-likeness (QED) is 0.533. The summed E-state index contributed by atoms with van der Waals surface area (Å²) in [5.74, 6) is 0.864. The predicted octanol–water partition coefficient (Wildman–Crippen LogP) is 4.29. The largest absolute Gasteiger partial charge is 0.299 e. The summed E-state index contributed by atoms with van der Waals surface area (Å²) in [5.41, 5.74) is 1.44. The highest BCUT2D eigenvalue weighted by Gasteiger charge is 2.22. The van der Waals surface area contributed by atoms with Gasteiger partial charge in [-0.15, -0.1) is 0 Å². The molecule has 1 aromatic rings. The van der Waals surface area contributed by atoms with Crippen LogP contribution in [0.25, 0.3) is 0 Å². The summed E-state index contributed by atoms with van der Waals surface area (Å²) in [6.45, 7) is 5.87. The predicted molar refractivity (Wildman–Crippen MR) is 85.5 cm³/mol. The number of piperidine rings is 1. The van der Waals surface area contributed by atoms with Crippen molar-refractivity contribution in [3.8, 4) is 0 Å². The van der Waals surface area contributed by atoms with E-state index in [1.807, 2.05) is 0 Å². The Labute approximate surface area is 126 Å². The van der Waals surface area contributed by atoms with Crippen LogP contribution in [0.3, 0.4) is 0 Å². The Balaban J connectivity index is 1.84. The molecule has 0 spiro atoms. The average Bonchev–Trinajstić information content (AvgIpc) is 2.33. The molecule has 1 nitrogen and oxygen atoms in total. The lowest BCUT2D eigenvalue weighted by molar-refractivity contribution is 0.178. The lowest BCUT2D eigenvalue weighted by Gasteiger charge is -2.33. The average molecular weight is 408 g/mol. The van der Waals surface area contributed by atoms with Crippen LogP contribution in [0.4, 0.5) is 0 Å². The minimum Gasteiger partial charge on any atom is -0.299 e. The van der Waals surface area contributed by atoms with Crippen LogP contribution in [0.1, 0.15) is 25.3 Å². The Morgan fingerprint density at radius 3 is 2.41 bits per heavy atom. The molecule has 1 saturated heterocycles. The van der Waals surface area contributed by atoms with E-state index in [0.717, 1.165) is 12.5 Å². The molecule has 1 unspecified atom stereocenters. The van der Waals surface area contributed by atoms with Gasteiger partial charge in [0.1, 0.15) is 0 Å². The van der Waals surface area contributed by atoms with Gasteiger partial charge in [-0.2, -0.15) is 0 Å².